The minimum atomic E-state index is -4.53. The molecule has 6 nitrogen and oxygen atoms in total. The van der Waals surface area contributed by atoms with Crippen molar-refractivity contribution in [3.05, 3.63) is 65.2 Å². The second-order valence-electron chi connectivity index (χ2n) is 8.85. The molecule has 0 unspecified atom stereocenters. The van der Waals surface area contributed by atoms with Crippen molar-refractivity contribution < 1.29 is 22.8 Å². The van der Waals surface area contributed by atoms with Crippen LogP contribution in [0.1, 0.15) is 34.3 Å². The Bertz CT molecular complexity index is 969. The predicted molar refractivity (Wildman–Crippen MR) is 126 cm³/mol. The molecule has 2 aromatic rings. The van der Waals surface area contributed by atoms with Crippen LogP contribution in [0.2, 0.25) is 0 Å². The van der Waals surface area contributed by atoms with E-state index in [-0.39, 0.29) is 18.0 Å². The average Bonchev–Trinajstić information content (AvgIpc) is 2.82. The van der Waals surface area contributed by atoms with E-state index < -0.39 is 17.6 Å². The average molecular weight is 477 g/mol. The Labute approximate surface area is 198 Å². The standard InChI is InChI=1S/C25H31F3N4O2/c1-31(2)22-8-6-19(7-9-22)17-32-12-10-18(11-13-32)15-29-23(33)16-30-24(34)20-4-3-5-21(14-20)25(26,27)28/h3-9,14,18H,10-13,15-17H2,1-2H3,(H,29,33)(H,30,34). The number of benzene rings is 2. The van der Waals surface area contributed by atoms with E-state index in [1.165, 1.54) is 23.4 Å². The monoisotopic (exact) mass is 476 g/mol. The van der Waals surface area contributed by atoms with E-state index in [9.17, 15) is 22.8 Å². The number of carbonyl (C=O) groups is 2. The van der Waals surface area contributed by atoms with Crippen molar-refractivity contribution >= 4 is 17.5 Å². The summed E-state index contributed by atoms with van der Waals surface area (Å²) in [5.41, 5.74) is 1.41. The Kier molecular flexibility index (Phi) is 8.55. The second-order valence-corrected chi connectivity index (χ2v) is 8.85. The summed E-state index contributed by atoms with van der Waals surface area (Å²) in [6, 6.07) is 12.7. The molecule has 9 heteroatoms. The SMILES string of the molecule is CN(C)c1ccc(CN2CCC(CNC(=O)CNC(=O)c3cccc(C(F)(F)F)c3)CC2)cc1. The van der Waals surface area contributed by atoms with E-state index in [1.54, 1.807) is 0 Å². The highest BCUT2D eigenvalue weighted by Gasteiger charge is 2.31. The van der Waals surface area contributed by atoms with Gasteiger partial charge in [0.2, 0.25) is 5.91 Å². The molecule has 0 bridgehead atoms. The lowest BCUT2D eigenvalue weighted by Crippen LogP contribution is -2.41. The van der Waals surface area contributed by atoms with Crippen molar-refractivity contribution in [2.45, 2.75) is 25.6 Å². The molecule has 0 aliphatic carbocycles. The van der Waals surface area contributed by atoms with E-state index in [2.05, 4.69) is 44.7 Å². The normalized spacial score (nSPS) is 15.1. The molecule has 184 valence electrons. The highest BCUT2D eigenvalue weighted by Crippen LogP contribution is 2.29. The van der Waals surface area contributed by atoms with Crippen LogP contribution < -0.4 is 15.5 Å². The minimum absolute atomic E-state index is 0.133. The fourth-order valence-corrected chi connectivity index (χ4v) is 3.93. The Balaban J connectivity index is 1.35. The zero-order valence-electron chi connectivity index (χ0n) is 19.5. The van der Waals surface area contributed by atoms with E-state index >= 15 is 0 Å². The maximum atomic E-state index is 12.8. The Hall–Kier alpha value is -3.07. The van der Waals surface area contributed by atoms with E-state index in [0.29, 0.717) is 12.5 Å². The maximum Gasteiger partial charge on any atom is 0.416 e. The minimum Gasteiger partial charge on any atom is -0.378 e. The lowest BCUT2D eigenvalue weighted by Gasteiger charge is -2.32. The molecule has 1 fully saturated rings. The summed E-state index contributed by atoms with van der Waals surface area (Å²) in [7, 11) is 4.03. The maximum absolute atomic E-state index is 12.8. The fourth-order valence-electron chi connectivity index (χ4n) is 3.93. The first-order valence-electron chi connectivity index (χ1n) is 11.3. The van der Waals surface area contributed by atoms with Crippen LogP contribution in [0.3, 0.4) is 0 Å². The first-order valence-corrected chi connectivity index (χ1v) is 11.3. The molecule has 2 amide bonds. The van der Waals surface area contributed by atoms with Gasteiger partial charge in [0.1, 0.15) is 0 Å². The highest BCUT2D eigenvalue weighted by atomic mass is 19.4. The van der Waals surface area contributed by atoms with Crippen molar-refractivity contribution in [2.75, 3.05) is 45.2 Å². The molecule has 3 rings (SSSR count). The smallest absolute Gasteiger partial charge is 0.378 e. The van der Waals surface area contributed by atoms with Crippen LogP contribution in [0.15, 0.2) is 48.5 Å². The third kappa shape index (κ3) is 7.48. The third-order valence-corrected chi connectivity index (χ3v) is 6.02. The van der Waals surface area contributed by atoms with Crippen LogP contribution in [-0.4, -0.2) is 57.0 Å². The topological polar surface area (TPSA) is 64.7 Å². The molecule has 0 spiro atoms. The summed E-state index contributed by atoms with van der Waals surface area (Å²) in [5.74, 6) is -0.715. The lowest BCUT2D eigenvalue weighted by molar-refractivity contribution is -0.137. The Morgan fingerprint density at radius 1 is 1.03 bits per heavy atom. The summed E-state index contributed by atoms with van der Waals surface area (Å²) in [6.07, 6.45) is -2.60. The van der Waals surface area contributed by atoms with Crippen LogP contribution in [0.25, 0.3) is 0 Å². The van der Waals surface area contributed by atoms with Gasteiger partial charge in [-0.1, -0.05) is 18.2 Å². The number of alkyl halides is 3. The fraction of sp³-hybridized carbons (Fsp3) is 0.440. The first kappa shape index (κ1) is 25.6. The van der Waals surface area contributed by atoms with Crippen molar-refractivity contribution in [1.29, 1.82) is 0 Å². The number of carbonyl (C=O) groups excluding carboxylic acids is 2. The van der Waals surface area contributed by atoms with Gasteiger partial charge < -0.3 is 15.5 Å². The number of hydrogen-bond donors (Lipinski definition) is 2. The summed E-state index contributed by atoms with van der Waals surface area (Å²) in [6.45, 7) is 3.03. The number of hydrogen-bond acceptors (Lipinski definition) is 4. The quantitative estimate of drug-likeness (QED) is 0.612. The van der Waals surface area contributed by atoms with Gasteiger partial charge in [-0.2, -0.15) is 13.2 Å². The highest BCUT2D eigenvalue weighted by molar-refractivity contribution is 5.96. The molecule has 2 aromatic carbocycles. The van der Waals surface area contributed by atoms with Gasteiger partial charge in [0.25, 0.3) is 5.91 Å². The van der Waals surface area contributed by atoms with Gasteiger partial charge in [0.15, 0.2) is 0 Å². The summed E-state index contributed by atoms with van der Waals surface area (Å²) in [5, 5.41) is 5.20. The van der Waals surface area contributed by atoms with Gasteiger partial charge in [0, 0.05) is 38.4 Å². The molecule has 1 saturated heterocycles. The zero-order chi connectivity index (χ0) is 24.7. The number of likely N-dealkylation sites (tertiary alicyclic amines) is 1. The predicted octanol–water partition coefficient (Wildman–Crippen LogP) is 3.53. The molecule has 34 heavy (non-hydrogen) atoms. The number of nitrogens with one attached hydrogen (secondary N) is 2. The molecule has 2 N–H and O–H groups in total. The van der Waals surface area contributed by atoms with Gasteiger partial charge in [-0.05, 0) is 67.7 Å². The number of amides is 2. The molecular formula is C25H31F3N4O2. The van der Waals surface area contributed by atoms with Crippen LogP contribution in [0.5, 0.6) is 0 Å². The first-order chi connectivity index (χ1) is 16.1. The third-order valence-electron chi connectivity index (χ3n) is 6.02. The van der Waals surface area contributed by atoms with Crippen molar-refractivity contribution in [2.24, 2.45) is 5.92 Å². The largest absolute Gasteiger partial charge is 0.416 e. The summed E-state index contributed by atoms with van der Waals surface area (Å²) in [4.78, 5) is 28.7. The molecule has 0 atom stereocenters. The van der Waals surface area contributed by atoms with Crippen LogP contribution in [0, 0.1) is 5.92 Å². The van der Waals surface area contributed by atoms with E-state index in [0.717, 1.165) is 44.6 Å². The van der Waals surface area contributed by atoms with Gasteiger partial charge >= 0.3 is 6.18 Å². The molecular weight excluding hydrogens is 445 g/mol. The number of halogens is 3. The van der Waals surface area contributed by atoms with Gasteiger partial charge in [-0.25, -0.2) is 0 Å². The van der Waals surface area contributed by atoms with Gasteiger partial charge in [0.05, 0.1) is 12.1 Å². The molecule has 1 heterocycles. The van der Waals surface area contributed by atoms with Crippen molar-refractivity contribution in [3.63, 3.8) is 0 Å². The van der Waals surface area contributed by atoms with Crippen LogP contribution in [-0.2, 0) is 17.5 Å². The van der Waals surface area contributed by atoms with Gasteiger partial charge in [-0.15, -0.1) is 0 Å². The van der Waals surface area contributed by atoms with Crippen molar-refractivity contribution in [1.82, 2.24) is 15.5 Å². The van der Waals surface area contributed by atoms with Crippen LogP contribution >= 0.6 is 0 Å². The number of piperidine rings is 1. The van der Waals surface area contributed by atoms with E-state index in [1.807, 2.05) is 14.1 Å². The molecule has 0 aromatic heterocycles. The van der Waals surface area contributed by atoms with Crippen molar-refractivity contribution in [3.8, 4) is 0 Å². The molecule has 1 aliphatic heterocycles. The molecule has 0 radical (unpaired) electrons. The molecule has 0 saturated carbocycles. The lowest BCUT2D eigenvalue weighted by atomic mass is 9.96. The second kappa shape index (κ2) is 11.4. The van der Waals surface area contributed by atoms with Crippen LogP contribution in [0.4, 0.5) is 18.9 Å². The zero-order valence-corrected chi connectivity index (χ0v) is 19.5. The van der Waals surface area contributed by atoms with Gasteiger partial charge in [-0.3, -0.25) is 14.5 Å². The summed E-state index contributed by atoms with van der Waals surface area (Å²) >= 11 is 0. The van der Waals surface area contributed by atoms with E-state index in [4.69, 9.17) is 0 Å². The Morgan fingerprint density at radius 3 is 2.32 bits per heavy atom. The molecule has 1 aliphatic rings. The number of anilines is 1. The Morgan fingerprint density at radius 2 is 1.71 bits per heavy atom. The number of rotatable bonds is 8. The summed E-state index contributed by atoms with van der Waals surface area (Å²) < 4.78 is 38.4. The number of nitrogens with zero attached hydrogens (tertiary/aromatic N) is 2.